The Morgan fingerprint density at radius 1 is 1.40 bits per heavy atom. The maximum Gasteiger partial charge on any atom is 0.165 e. The van der Waals surface area contributed by atoms with Gasteiger partial charge in [0.15, 0.2) is 17.4 Å². The van der Waals surface area contributed by atoms with Crippen molar-refractivity contribution in [1.82, 2.24) is 14.8 Å². The van der Waals surface area contributed by atoms with Crippen LogP contribution in [0, 0.1) is 5.82 Å². The number of benzene rings is 1. The summed E-state index contributed by atoms with van der Waals surface area (Å²) in [7, 11) is 3.25. The normalized spacial score (nSPS) is 10.3. The standard InChI is InChI=1S/C10H10FN3O/c1-14-6-12-13-10(14)7-3-4-8(11)9(5-7)15-2/h3-6H,1-2H3. The Balaban J connectivity index is 2.51. The summed E-state index contributed by atoms with van der Waals surface area (Å²) in [5.74, 6) is 0.493. The molecule has 1 aromatic heterocycles. The van der Waals surface area contributed by atoms with E-state index in [4.69, 9.17) is 4.74 Å². The number of ether oxygens (including phenoxy) is 1. The third kappa shape index (κ3) is 1.68. The van der Waals surface area contributed by atoms with Crippen LogP contribution >= 0.6 is 0 Å². The summed E-state index contributed by atoms with van der Waals surface area (Å²) >= 11 is 0. The van der Waals surface area contributed by atoms with E-state index < -0.39 is 0 Å². The molecule has 0 bridgehead atoms. The largest absolute Gasteiger partial charge is 0.494 e. The lowest BCUT2D eigenvalue weighted by molar-refractivity contribution is 0.386. The smallest absolute Gasteiger partial charge is 0.165 e. The Morgan fingerprint density at radius 2 is 2.20 bits per heavy atom. The van der Waals surface area contributed by atoms with Gasteiger partial charge in [-0.1, -0.05) is 0 Å². The summed E-state index contributed by atoms with van der Waals surface area (Å²) in [6, 6.07) is 4.59. The highest BCUT2D eigenvalue weighted by Gasteiger charge is 2.08. The van der Waals surface area contributed by atoms with Crippen molar-refractivity contribution >= 4 is 0 Å². The molecule has 1 aromatic carbocycles. The molecule has 0 radical (unpaired) electrons. The van der Waals surface area contributed by atoms with E-state index >= 15 is 0 Å². The van der Waals surface area contributed by atoms with Crippen LogP contribution in [0.2, 0.25) is 0 Å². The molecule has 0 aliphatic rings. The van der Waals surface area contributed by atoms with Crippen molar-refractivity contribution in [2.75, 3.05) is 7.11 Å². The van der Waals surface area contributed by atoms with E-state index in [1.807, 2.05) is 7.05 Å². The molecule has 0 N–H and O–H groups in total. The average molecular weight is 207 g/mol. The monoisotopic (exact) mass is 207 g/mol. The van der Waals surface area contributed by atoms with Crippen molar-refractivity contribution in [1.29, 1.82) is 0 Å². The number of rotatable bonds is 2. The van der Waals surface area contributed by atoms with Crippen LogP contribution in [0.25, 0.3) is 11.4 Å². The number of halogens is 1. The van der Waals surface area contributed by atoms with Crippen LogP contribution in [-0.2, 0) is 7.05 Å². The maximum atomic E-state index is 13.1. The molecule has 0 amide bonds. The highest BCUT2D eigenvalue weighted by Crippen LogP contribution is 2.24. The SMILES string of the molecule is COc1cc(-c2nncn2C)ccc1F. The van der Waals surface area contributed by atoms with Gasteiger partial charge in [-0.15, -0.1) is 10.2 Å². The molecule has 5 heteroatoms. The van der Waals surface area contributed by atoms with Gasteiger partial charge in [0.1, 0.15) is 6.33 Å². The molecule has 0 unspecified atom stereocenters. The van der Waals surface area contributed by atoms with Crippen LogP contribution in [0.15, 0.2) is 24.5 Å². The number of hydrogen-bond acceptors (Lipinski definition) is 3. The summed E-state index contributed by atoms with van der Waals surface area (Å²) in [4.78, 5) is 0. The zero-order valence-corrected chi connectivity index (χ0v) is 8.44. The van der Waals surface area contributed by atoms with E-state index in [9.17, 15) is 4.39 Å². The summed E-state index contributed by atoms with van der Waals surface area (Å²) < 4.78 is 19.8. The van der Waals surface area contributed by atoms with Gasteiger partial charge in [0.05, 0.1) is 7.11 Å². The summed E-state index contributed by atoms with van der Waals surface area (Å²) in [5.41, 5.74) is 0.772. The van der Waals surface area contributed by atoms with Gasteiger partial charge in [-0.2, -0.15) is 0 Å². The van der Waals surface area contributed by atoms with Gasteiger partial charge in [-0.25, -0.2) is 4.39 Å². The zero-order chi connectivity index (χ0) is 10.8. The molecule has 0 fully saturated rings. The van der Waals surface area contributed by atoms with Crippen molar-refractivity contribution in [3.05, 3.63) is 30.3 Å². The second kappa shape index (κ2) is 3.68. The molecule has 0 aliphatic carbocycles. The maximum absolute atomic E-state index is 13.1. The lowest BCUT2D eigenvalue weighted by Crippen LogP contribution is -1.93. The Hall–Kier alpha value is -1.91. The van der Waals surface area contributed by atoms with E-state index in [2.05, 4.69) is 10.2 Å². The fourth-order valence-electron chi connectivity index (χ4n) is 1.34. The van der Waals surface area contributed by atoms with E-state index in [1.54, 1.807) is 23.0 Å². The fourth-order valence-corrected chi connectivity index (χ4v) is 1.34. The van der Waals surface area contributed by atoms with E-state index in [0.29, 0.717) is 5.82 Å². The number of nitrogens with zero attached hydrogens (tertiary/aromatic N) is 3. The first-order valence-electron chi connectivity index (χ1n) is 4.40. The topological polar surface area (TPSA) is 39.9 Å². The highest BCUT2D eigenvalue weighted by molar-refractivity contribution is 5.57. The van der Waals surface area contributed by atoms with Crippen molar-refractivity contribution in [2.24, 2.45) is 7.05 Å². The third-order valence-electron chi connectivity index (χ3n) is 2.12. The lowest BCUT2D eigenvalue weighted by Gasteiger charge is -2.04. The van der Waals surface area contributed by atoms with Crippen molar-refractivity contribution in [3.8, 4) is 17.1 Å². The minimum atomic E-state index is -0.386. The first kappa shape index (κ1) is 9.64. The zero-order valence-electron chi connectivity index (χ0n) is 8.44. The lowest BCUT2D eigenvalue weighted by atomic mass is 10.2. The molecule has 1 heterocycles. The van der Waals surface area contributed by atoms with Crippen LogP contribution in [0.3, 0.4) is 0 Å². The first-order valence-corrected chi connectivity index (χ1v) is 4.40. The molecule has 4 nitrogen and oxygen atoms in total. The predicted octanol–water partition coefficient (Wildman–Crippen LogP) is 1.63. The number of aryl methyl sites for hydroxylation is 1. The van der Waals surface area contributed by atoms with Gasteiger partial charge in [0, 0.05) is 12.6 Å². The quantitative estimate of drug-likeness (QED) is 0.751. The molecular formula is C10H10FN3O. The van der Waals surface area contributed by atoms with Gasteiger partial charge >= 0.3 is 0 Å². The van der Waals surface area contributed by atoms with Gasteiger partial charge in [-0.3, -0.25) is 0 Å². The number of aromatic nitrogens is 3. The molecule has 0 atom stereocenters. The Labute approximate surface area is 86.3 Å². The molecule has 0 aliphatic heterocycles. The second-order valence-electron chi connectivity index (χ2n) is 3.11. The van der Waals surface area contributed by atoms with Crippen LogP contribution in [0.1, 0.15) is 0 Å². The third-order valence-corrected chi connectivity index (χ3v) is 2.12. The van der Waals surface area contributed by atoms with Crippen molar-refractivity contribution < 1.29 is 9.13 Å². The fraction of sp³-hybridized carbons (Fsp3) is 0.200. The van der Waals surface area contributed by atoms with E-state index in [-0.39, 0.29) is 11.6 Å². The molecule has 2 rings (SSSR count). The number of methoxy groups -OCH3 is 1. The Morgan fingerprint density at radius 3 is 2.80 bits per heavy atom. The van der Waals surface area contributed by atoms with Crippen molar-refractivity contribution in [3.63, 3.8) is 0 Å². The van der Waals surface area contributed by atoms with Gasteiger partial charge in [0.2, 0.25) is 0 Å². The molecule has 15 heavy (non-hydrogen) atoms. The molecule has 0 spiro atoms. The van der Waals surface area contributed by atoms with Gasteiger partial charge in [-0.05, 0) is 18.2 Å². The van der Waals surface area contributed by atoms with E-state index in [1.165, 1.54) is 13.2 Å². The summed E-state index contributed by atoms with van der Waals surface area (Å²) in [6.45, 7) is 0. The second-order valence-corrected chi connectivity index (χ2v) is 3.11. The molecule has 0 saturated heterocycles. The molecule has 2 aromatic rings. The minimum absolute atomic E-state index is 0.204. The molecular weight excluding hydrogens is 197 g/mol. The summed E-state index contributed by atoms with van der Waals surface area (Å²) in [5, 5.41) is 7.68. The summed E-state index contributed by atoms with van der Waals surface area (Å²) in [6.07, 6.45) is 1.59. The number of hydrogen-bond donors (Lipinski definition) is 0. The Kier molecular flexibility index (Phi) is 2.37. The predicted molar refractivity (Wildman–Crippen MR) is 52.9 cm³/mol. The van der Waals surface area contributed by atoms with Gasteiger partial charge < -0.3 is 9.30 Å². The van der Waals surface area contributed by atoms with Crippen LogP contribution in [-0.4, -0.2) is 21.9 Å². The van der Waals surface area contributed by atoms with Gasteiger partial charge in [0.25, 0.3) is 0 Å². The van der Waals surface area contributed by atoms with E-state index in [0.717, 1.165) is 5.56 Å². The first-order chi connectivity index (χ1) is 7.22. The van der Waals surface area contributed by atoms with Crippen LogP contribution < -0.4 is 4.74 Å². The highest BCUT2D eigenvalue weighted by atomic mass is 19.1. The van der Waals surface area contributed by atoms with Crippen molar-refractivity contribution in [2.45, 2.75) is 0 Å². The molecule has 78 valence electrons. The average Bonchev–Trinajstić information content (AvgIpc) is 2.65. The van der Waals surface area contributed by atoms with Crippen LogP contribution in [0.5, 0.6) is 5.75 Å². The molecule has 0 saturated carbocycles. The minimum Gasteiger partial charge on any atom is -0.494 e. The Bertz CT molecular complexity index is 481. The van der Waals surface area contributed by atoms with Crippen LogP contribution in [0.4, 0.5) is 4.39 Å².